The third-order valence-electron chi connectivity index (χ3n) is 3.91. The number of methoxy groups -OCH3 is 1. The van der Waals surface area contributed by atoms with Crippen molar-refractivity contribution in [1.29, 1.82) is 0 Å². The number of ether oxygens (including phenoxy) is 1. The summed E-state index contributed by atoms with van der Waals surface area (Å²) in [5, 5.41) is 2.20. The maximum atomic E-state index is 12.7. The molecule has 132 valence electrons. The second kappa shape index (κ2) is 7.18. The average Bonchev–Trinajstić information content (AvgIpc) is 2.62. The van der Waals surface area contributed by atoms with Crippen LogP contribution in [0.5, 0.6) is 5.75 Å². The number of nitrogens with one attached hydrogen (secondary N) is 1. The SMILES string of the molecule is COc1ccc(N=C[C@@H]2C(=O)NC(=O)N(c3cccc(C)c3)C2=O)cc1. The molecule has 2 aromatic rings. The van der Waals surface area contributed by atoms with Gasteiger partial charge in [0.2, 0.25) is 5.91 Å². The number of aryl methyl sites for hydroxylation is 1. The van der Waals surface area contributed by atoms with Crippen LogP contribution in [0.3, 0.4) is 0 Å². The molecule has 2 aromatic carbocycles. The first-order valence-electron chi connectivity index (χ1n) is 7.93. The molecule has 0 spiro atoms. The molecule has 0 aliphatic carbocycles. The first kappa shape index (κ1) is 17.3. The molecule has 0 unspecified atom stereocenters. The van der Waals surface area contributed by atoms with Gasteiger partial charge < -0.3 is 4.74 Å². The zero-order valence-electron chi connectivity index (χ0n) is 14.3. The van der Waals surface area contributed by atoms with E-state index in [4.69, 9.17) is 4.74 Å². The largest absolute Gasteiger partial charge is 0.497 e. The zero-order valence-corrected chi connectivity index (χ0v) is 14.3. The summed E-state index contributed by atoms with van der Waals surface area (Å²) in [6.07, 6.45) is 1.24. The summed E-state index contributed by atoms with van der Waals surface area (Å²) in [4.78, 5) is 42.1. The molecular weight excluding hydrogens is 334 g/mol. The van der Waals surface area contributed by atoms with E-state index in [1.165, 1.54) is 6.21 Å². The number of nitrogens with zero attached hydrogens (tertiary/aromatic N) is 2. The second-order valence-electron chi connectivity index (χ2n) is 5.76. The molecule has 3 rings (SSSR count). The number of aliphatic imine (C=N–C) groups is 1. The van der Waals surface area contributed by atoms with Gasteiger partial charge in [-0.1, -0.05) is 12.1 Å². The number of carbonyl (C=O) groups excluding carboxylic acids is 3. The van der Waals surface area contributed by atoms with Gasteiger partial charge in [-0.25, -0.2) is 9.69 Å². The van der Waals surface area contributed by atoms with Crippen LogP contribution in [-0.2, 0) is 9.59 Å². The summed E-state index contributed by atoms with van der Waals surface area (Å²) in [7, 11) is 1.56. The Morgan fingerprint density at radius 3 is 2.50 bits per heavy atom. The molecule has 1 N–H and O–H groups in total. The van der Waals surface area contributed by atoms with Gasteiger partial charge in [0.05, 0.1) is 18.5 Å². The quantitative estimate of drug-likeness (QED) is 0.677. The average molecular weight is 351 g/mol. The summed E-state index contributed by atoms with van der Waals surface area (Å²) < 4.78 is 5.07. The molecule has 1 aliphatic rings. The minimum atomic E-state index is -1.18. The van der Waals surface area contributed by atoms with E-state index in [2.05, 4.69) is 10.3 Å². The predicted molar refractivity (Wildman–Crippen MR) is 96.8 cm³/mol. The fourth-order valence-corrected chi connectivity index (χ4v) is 2.56. The lowest BCUT2D eigenvalue weighted by Gasteiger charge is -2.28. The van der Waals surface area contributed by atoms with Gasteiger partial charge in [0.1, 0.15) is 5.75 Å². The number of rotatable bonds is 4. The molecule has 7 nitrogen and oxygen atoms in total. The summed E-state index contributed by atoms with van der Waals surface area (Å²) in [6.45, 7) is 1.85. The number of barbiturate groups is 1. The summed E-state index contributed by atoms with van der Waals surface area (Å²) in [6, 6.07) is 13.0. The molecule has 1 atom stereocenters. The van der Waals surface area contributed by atoms with E-state index in [0.29, 0.717) is 17.1 Å². The van der Waals surface area contributed by atoms with Crippen LogP contribution >= 0.6 is 0 Å². The van der Waals surface area contributed by atoms with Crippen LogP contribution in [0.1, 0.15) is 5.56 Å². The summed E-state index contributed by atoms with van der Waals surface area (Å²) in [5.74, 6) is -1.84. The minimum absolute atomic E-state index is 0.405. The van der Waals surface area contributed by atoms with Crippen molar-refractivity contribution in [2.24, 2.45) is 10.9 Å². The van der Waals surface area contributed by atoms with Crippen LogP contribution in [0.4, 0.5) is 16.2 Å². The Kier molecular flexibility index (Phi) is 4.79. The highest BCUT2D eigenvalue weighted by Crippen LogP contribution is 2.22. The number of amides is 4. The number of urea groups is 1. The smallest absolute Gasteiger partial charge is 0.335 e. The van der Waals surface area contributed by atoms with Crippen LogP contribution in [0.15, 0.2) is 53.5 Å². The van der Waals surface area contributed by atoms with Crippen LogP contribution in [0.25, 0.3) is 0 Å². The van der Waals surface area contributed by atoms with Crippen molar-refractivity contribution in [3.05, 3.63) is 54.1 Å². The number of hydrogen-bond acceptors (Lipinski definition) is 5. The monoisotopic (exact) mass is 351 g/mol. The number of benzene rings is 2. The van der Waals surface area contributed by atoms with Crippen LogP contribution in [0.2, 0.25) is 0 Å². The second-order valence-corrected chi connectivity index (χ2v) is 5.76. The molecule has 1 heterocycles. The topological polar surface area (TPSA) is 88.1 Å². The van der Waals surface area contributed by atoms with Gasteiger partial charge in [-0.3, -0.25) is 19.9 Å². The Labute approximate surface area is 150 Å². The van der Waals surface area contributed by atoms with Gasteiger partial charge >= 0.3 is 6.03 Å². The van der Waals surface area contributed by atoms with Gasteiger partial charge in [-0.05, 0) is 48.9 Å². The van der Waals surface area contributed by atoms with E-state index in [9.17, 15) is 14.4 Å². The van der Waals surface area contributed by atoms with Crippen molar-refractivity contribution in [1.82, 2.24) is 5.32 Å². The van der Waals surface area contributed by atoms with Crippen LogP contribution in [-0.4, -0.2) is 31.2 Å². The summed E-state index contributed by atoms with van der Waals surface area (Å²) >= 11 is 0. The van der Waals surface area contributed by atoms with Gasteiger partial charge in [0.25, 0.3) is 5.91 Å². The lowest BCUT2D eigenvalue weighted by molar-refractivity contribution is -0.131. The lowest BCUT2D eigenvalue weighted by atomic mass is 10.1. The molecular formula is C19H17N3O4. The molecule has 0 saturated carbocycles. The van der Waals surface area contributed by atoms with Gasteiger partial charge in [-0.15, -0.1) is 0 Å². The van der Waals surface area contributed by atoms with Gasteiger partial charge in [0, 0.05) is 6.21 Å². The normalized spacial score (nSPS) is 17.5. The van der Waals surface area contributed by atoms with Crippen LogP contribution < -0.4 is 15.0 Å². The Balaban J connectivity index is 1.86. The number of carbonyl (C=O) groups is 3. The van der Waals surface area contributed by atoms with E-state index in [-0.39, 0.29) is 0 Å². The van der Waals surface area contributed by atoms with E-state index in [0.717, 1.165) is 10.5 Å². The van der Waals surface area contributed by atoms with Crippen molar-refractivity contribution < 1.29 is 19.1 Å². The Hall–Kier alpha value is -3.48. The molecule has 0 radical (unpaired) electrons. The zero-order chi connectivity index (χ0) is 18.7. The van der Waals surface area contributed by atoms with E-state index in [1.54, 1.807) is 49.6 Å². The van der Waals surface area contributed by atoms with E-state index < -0.39 is 23.8 Å². The van der Waals surface area contributed by atoms with Gasteiger partial charge in [-0.2, -0.15) is 0 Å². The first-order valence-corrected chi connectivity index (χ1v) is 7.93. The van der Waals surface area contributed by atoms with Crippen molar-refractivity contribution >= 4 is 35.4 Å². The standard InChI is InChI=1S/C19H17N3O4/c1-12-4-3-5-14(10-12)22-18(24)16(17(23)21-19(22)25)11-20-13-6-8-15(26-2)9-7-13/h3-11,16H,1-2H3,(H,21,23,25)/t16-/m1/s1. The predicted octanol–water partition coefficient (Wildman–Crippen LogP) is 2.61. The van der Waals surface area contributed by atoms with Crippen LogP contribution in [0, 0.1) is 12.8 Å². The molecule has 26 heavy (non-hydrogen) atoms. The lowest BCUT2D eigenvalue weighted by Crippen LogP contribution is -2.58. The molecule has 0 aromatic heterocycles. The molecule has 1 aliphatic heterocycles. The molecule has 0 bridgehead atoms. The maximum Gasteiger partial charge on any atom is 0.335 e. The Morgan fingerprint density at radius 1 is 1.12 bits per heavy atom. The Morgan fingerprint density at radius 2 is 1.85 bits per heavy atom. The molecule has 1 saturated heterocycles. The molecule has 4 amide bonds. The number of hydrogen-bond donors (Lipinski definition) is 1. The molecule has 7 heteroatoms. The van der Waals surface area contributed by atoms with Crippen molar-refractivity contribution in [2.75, 3.05) is 12.0 Å². The van der Waals surface area contributed by atoms with Crippen molar-refractivity contribution in [2.45, 2.75) is 6.92 Å². The van der Waals surface area contributed by atoms with E-state index >= 15 is 0 Å². The highest BCUT2D eigenvalue weighted by atomic mass is 16.5. The van der Waals surface area contributed by atoms with Crippen molar-refractivity contribution in [3.8, 4) is 5.75 Å². The van der Waals surface area contributed by atoms with E-state index in [1.807, 2.05) is 13.0 Å². The minimum Gasteiger partial charge on any atom is -0.497 e. The highest BCUT2D eigenvalue weighted by molar-refractivity contribution is 6.32. The fraction of sp³-hybridized carbons (Fsp3) is 0.158. The fourth-order valence-electron chi connectivity index (χ4n) is 2.56. The number of imide groups is 2. The third kappa shape index (κ3) is 3.46. The first-order chi connectivity index (χ1) is 12.5. The van der Waals surface area contributed by atoms with Gasteiger partial charge in [0.15, 0.2) is 5.92 Å². The number of anilines is 1. The highest BCUT2D eigenvalue weighted by Gasteiger charge is 2.40. The maximum absolute atomic E-state index is 12.7. The third-order valence-corrected chi connectivity index (χ3v) is 3.91. The van der Waals surface area contributed by atoms with Crippen molar-refractivity contribution in [3.63, 3.8) is 0 Å². The summed E-state index contributed by atoms with van der Waals surface area (Å²) in [5.41, 5.74) is 1.86. The Bertz CT molecular complexity index is 890. The molecule has 1 fully saturated rings.